The Hall–Kier alpha value is -1.79. The fraction of sp³-hybridized carbons (Fsp3) is 0.200. The highest BCUT2D eigenvalue weighted by Crippen LogP contribution is 2.16. The predicted octanol–water partition coefficient (Wildman–Crippen LogP) is 0.851. The molecule has 0 aliphatic rings. The van der Waals surface area contributed by atoms with Gasteiger partial charge in [0.2, 0.25) is 0 Å². The van der Waals surface area contributed by atoms with E-state index in [4.69, 9.17) is 21.4 Å². The van der Waals surface area contributed by atoms with Gasteiger partial charge in [0.15, 0.2) is 13.2 Å². The van der Waals surface area contributed by atoms with Crippen LogP contribution >= 0.6 is 11.6 Å². The number of carboxylic acid groups (broad SMARTS) is 1. The molecule has 0 aliphatic carbocycles. The molecule has 17 heavy (non-hydrogen) atoms. The van der Waals surface area contributed by atoms with Crippen molar-refractivity contribution in [2.75, 3.05) is 13.2 Å². The van der Waals surface area contributed by atoms with E-state index in [-0.39, 0.29) is 6.61 Å². The van der Waals surface area contributed by atoms with E-state index in [2.05, 4.69) is 4.84 Å². The summed E-state index contributed by atoms with van der Waals surface area (Å²) in [6, 6.07) is 6.53. The number of carboxylic acids is 1. The first-order valence-corrected chi connectivity index (χ1v) is 4.96. The number of hydroxylamine groups is 1. The molecule has 6 nitrogen and oxygen atoms in total. The molecule has 1 amide bonds. The summed E-state index contributed by atoms with van der Waals surface area (Å²) in [6.07, 6.45) is 0. The highest BCUT2D eigenvalue weighted by molar-refractivity contribution is 6.30. The summed E-state index contributed by atoms with van der Waals surface area (Å²) in [5.74, 6) is -1.34. The Labute approximate surface area is 102 Å². The standard InChI is InChI=1S/C10H10ClNO5/c11-7-2-1-3-8(4-7)16-5-9(13)12-17-6-10(14)15/h1-4H,5-6H2,(H,12,13)(H,14,15). The highest BCUT2D eigenvalue weighted by atomic mass is 35.5. The molecule has 0 aromatic heterocycles. The molecule has 0 spiro atoms. The normalized spacial score (nSPS) is 9.71. The number of hydrogen-bond donors (Lipinski definition) is 2. The van der Waals surface area contributed by atoms with Gasteiger partial charge < -0.3 is 9.84 Å². The largest absolute Gasteiger partial charge is 0.484 e. The minimum Gasteiger partial charge on any atom is -0.484 e. The fourth-order valence-corrected chi connectivity index (χ4v) is 1.09. The van der Waals surface area contributed by atoms with E-state index in [0.717, 1.165) is 0 Å². The van der Waals surface area contributed by atoms with E-state index >= 15 is 0 Å². The summed E-state index contributed by atoms with van der Waals surface area (Å²) < 4.78 is 5.08. The van der Waals surface area contributed by atoms with Crippen molar-refractivity contribution in [1.29, 1.82) is 0 Å². The van der Waals surface area contributed by atoms with Crippen molar-refractivity contribution in [1.82, 2.24) is 5.48 Å². The molecule has 0 heterocycles. The van der Waals surface area contributed by atoms with Crippen LogP contribution in [0.5, 0.6) is 5.75 Å². The summed E-state index contributed by atoms with van der Waals surface area (Å²) in [7, 11) is 0. The Morgan fingerprint density at radius 1 is 1.35 bits per heavy atom. The van der Waals surface area contributed by atoms with E-state index in [9.17, 15) is 9.59 Å². The molecule has 0 bridgehead atoms. The van der Waals surface area contributed by atoms with Gasteiger partial charge in [0.25, 0.3) is 5.91 Å². The lowest BCUT2D eigenvalue weighted by atomic mass is 10.3. The summed E-state index contributed by atoms with van der Waals surface area (Å²) in [4.78, 5) is 25.5. The average Bonchev–Trinajstić information content (AvgIpc) is 2.26. The van der Waals surface area contributed by atoms with Crippen LogP contribution in [0.15, 0.2) is 24.3 Å². The van der Waals surface area contributed by atoms with E-state index in [1.165, 1.54) is 0 Å². The van der Waals surface area contributed by atoms with Gasteiger partial charge in [-0.05, 0) is 18.2 Å². The monoisotopic (exact) mass is 259 g/mol. The van der Waals surface area contributed by atoms with Crippen molar-refractivity contribution < 1.29 is 24.3 Å². The maximum absolute atomic E-state index is 11.1. The Morgan fingerprint density at radius 3 is 2.76 bits per heavy atom. The lowest BCUT2D eigenvalue weighted by molar-refractivity contribution is -0.149. The quantitative estimate of drug-likeness (QED) is 0.740. The first-order valence-electron chi connectivity index (χ1n) is 4.58. The van der Waals surface area contributed by atoms with Crippen molar-refractivity contribution >= 4 is 23.5 Å². The van der Waals surface area contributed by atoms with Crippen LogP contribution in [-0.2, 0) is 14.4 Å². The van der Waals surface area contributed by atoms with Gasteiger partial charge in [-0.25, -0.2) is 10.3 Å². The number of carbonyl (C=O) groups excluding carboxylic acids is 1. The number of rotatable bonds is 6. The van der Waals surface area contributed by atoms with Gasteiger partial charge in [-0.2, -0.15) is 0 Å². The van der Waals surface area contributed by atoms with Gasteiger partial charge in [0.05, 0.1) is 0 Å². The molecule has 7 heteroatoms. The first kappa shape index (κ1) is 13.3. The molecule has 0 saturated heterocycles. The van der Waals surface area contributed by atoms with Crippen LogP contribution in [0.4, 0.5) is 0 Å². The number of aliphatic carboxylic acids is 1. The van der Waals surface area contributed by atoms with Gasteiger partial charge in [0, 0.05) is 5.02 Å². The number of halogens is 1. The fourth-order valence-electron chi connectivity index (χ4n) is 0.913. The molecular formula is C10H10ClNO5. The van der Waals surface area contributed by atoms with Gasteiger partial charge >= 0.3 is 5.97 Å². The second-order valence-corrected chi connectivity index (χ2v) is 3.39. The van der Waals surface area contributed by atoms with Gasteiger partial charge in [0.1, 0.15) is 5.75 Å². The van der Waals surface area contributed by atoms with Crippen LogP contribution < -0.4 is 10.2 Å². The Bertz CT molecular complexity index is 409. The Balaban J connectivity index is 2.26. The zero-order valence-corrected chi connectivity index (χ0v) is 9.44. The summed E-state index contributed by atoms with van der Waals surface area (Å²) in [5, 5.41) is 8.73. The topological polar surface area (TPSA) is 84.9 Å². The first-order chi connectivity index (χ1) is 8.08. The summed E-state index contributed by atoms with van der Waals surface area (Å²) in [5.41, 5.74) is 1.92. The third kappa shape index (κ3) is 5.74. The molecule has 1 rings (SSSR count). The highest BCUT2D eigenvalue weighted by Gasteiger charge is 2.04. The minimum absolute atomic E-state index is 0.292. The number of amides is 1. The zero-order valence-electron chi connectivity index (χ0n) is 8.68. The van der Waals surface area contributed by atoms with E-state index in [1.807, 2.05) is 5.48 Å². The Kier molecular flexibility index (Phi) is 5.25. The predicted molar refractivity (Wildman–Crippen MR) is 58.7 cm³/mol. The molecule has 1 aromatic carbocycles. The molecule has 0 radical (unpaired) electrons. The van der Waals surface area contributed by atoms with Gasteiger partial charge in [-0.15, -0.1) is 0 Å². The van der Waals surface area contributed by atoms with Crippen LogP contribution in [0.3, 0.4) is 0 Å². The van der Waals surface area contributed by atoms with Crippen LogP contribution in [0.25, 0.3) is 0 Å². The Morgan fingerprint density at radius 2 is 2.12 bits per heavy atom. The molecular weight excluding hydrogens is 250 g/mol. The van der Waals surface area contributed by atoms with Crippen LogP contribution in [0, 0.1) is 0 Å². The number of hydrogen-bond acceptors (Lipinski definition) is 4. The number of ether oxygens (including phenoxy) is 1. The summed E-state index contributed by atoms with van der Waals surface area (Å²) in [6.45, 7) is -0.900. The van der Waals surface area contributed by atoms with Gasteiger partial charge in [-0.1, -0.05) is 17.7 Å². The molecule has 0 aliphatic heterocycles. The van der Waals surface area contributed by atoms with E-state index < -0.39 is 18.5 Å². The van der Waals surface area contributed by atoms with Crippen molar-refractivity contribution in [3.63, 3.8) is 0 Å². The molecule has 0 fully saturated rings. The van der Waals surface area contributed by atoms with Crippen molar-refractivity contribution in [3.8, 4) is 5.75 Å². The molecule has 1 aromatic rings. The zero-order chi connectivity index (χ0) is 12.7. The molecule has 92 valence electrons. The van der Waals surface area contributed by atoms with Crippen molar-refractivity contribution in [2.24, 2.45) is 0 Å². The maximum atomic E-state index is 11.1. The third-order valence-electron chi connectivity index (χ3n) is 1.55. The SMILES string of the molecule is O=C(O)CONC(=O)COc1cccc(Cl)c1. The molecule has 0 unspecified atom stereocenters. The van der Waals surface area contributed by atoms with Crippen LogP contribution in [0.2, 0.25) is 5.02 Å². The lowest BCUT2D eigenvalue weighted by Crippen LogP contribution is -2.30. The van der Waals surface area contributed by atoms with E-state index in [1.54, 1.807) is 24.3 Å². The second-order valence-electron chi connectivity index (χ2n) is 2.95. The van der Waals surface area contributed by atoms with E-state index in [0.29, 0.717) is 10.8 Å². The second kappa shape index (κ2) is 6.72. The lowest BCUT2D eigenvalue weighted by Gasteiger charge is -2.06. The van der Waals surface area contributed by atoms with Crippen molar-refractivity contribution in [2.45, 2.75) is 0 Å². The van der Waals surface area contributed by atoms with Crippen LogP contribution in [-0.4, -0.2) is 30.2 Å². The molecule has 2 N–H and O–H groups in total. The average molecular weight is 260 g/mol. The number of nitrogens with one attached hydrogen (secondary N) is 1. The van der Waals surface area contributed by atoms with Crippen LogP contribution in [0.1, 0.15) is 0 Å². The maximum Gasteiger partial charge on any atom is 0.332 e. The molecule has 0 saturated carbocycles. The number of benzene rings is 1. The number of carbonyl (C=O) groups is 2. The third-order valence-corrected chi connectivity index (χ3v) is 1.78. The minimum atomic E-state index is -1.18. The van der Waals surface area contributed by atoms with Gasteiger partial charge in [-0.3, -0.25) is 9.63 Å². The van der Waals surface area contributed by atoms with Crippen molar-refractivity contribution in [3.05, 3.63) is 29.3 Å². The smallest absolute Gasteiger partial charge is 0.332 e. The molecule has 0 atom stereocenters. The summed E-state index contributed by atoms with van der Waals surface area (Å²) >= 11 is 5.71.